The van der Waals surface area contributed by atoms with Gasteiger partial charge in [-0.2, -0.15) is 0 Å². The van der Waals surface area contributed by atoms with E-state index in [0.29, 0.717) is 19.4 Å². The molecule has 0 aliphatic heterocycles. The van der Waals surface area contributed by atoms with E-state index in [9.17, 15) is 9.59 Å². The van der Waals surface area contributed by atoms with Gasteiger partial charge in [-0.15, -0.1) is 11.3 Å². The molecule has 1 aromatic rings. The Morgan fingerprint density at radius 3 is 2.84 bits per heavy atom. The summed E-state index contributed by atoms with van der Waals surface area (Å²) in [5.74, 6) is -1.34. The zero-order valence-corrected chi connectivity index (χ0v) is 11.7. The highest BCUT2D eigenvalue weighted by Gasteiger charge is 2.30. The first kappa shape index (κ1) is 14.0. The Balaban J connectivity index is 1.86. The van der Waals surface area contributed by atoms with Crippen LogP contribution in [0.4, 0.5) is 0 Å². The Bertz CT molecular complexity index is 472. The van der Waals surface area contributed by atoms with Crippen molar-refractivity contribution >= 4 is 23.2 Å². The highest BCUT2D eigenvalue weighted by Crippen LogP contribution is 2.29. The molecule has 5 nitrogen and oxygen atoms in total. The first-order valence-corrected chi connectivity index (χ1v) is 7.35. The molecule has 1 aliphatic carbocycles. The number of carboxylic acids is 1. The van der Waals surface area contributed by atoms with Crippen LogP contribution in [0.3, 0.4) is 0 Å². The molecule has 104 valence electrons. The SMILES string of the molecule is Cc1ncsc1CNC(=O)C1CCCC(C(=O)O)C1. The number of nitrogens with one attached hydrogen (secondary N) is 1. The van der Waals surface area contributed by atoms with Gasteiger partial charge in [-0.05, 0) is 26.2 Å². The molecule has 2 unspecified atom stereocenters. The number of hydrogen-bond acceptors (Lipinski definition) is 4. The summed E-state index contributed by atoms with van der Waals surface area (Å²) in [5.41, 5.74) is 2.70. The van der Waals surface area contributed by atoms with Gasteiger partial charge in [-0.1, -0.05) is 6.42 Å². The van der Waals surface area contributed by atoms with Crippen molar-refractivity contribution < 1.29 is 14.7 Å². The van der Waals surface area contributed by atoms with Crippen molar-refractivity contribution in [2.45, 2.75) is 39.2 Å². The number of thiazole rings is 1. The molecular weight excluding hydrogens is 264 g/mol. The normalized spacial score (nSPS) is 23.0. The Labute approximate surface area is 116 Å². The van der Waals surface area contributed by atoms with E-state index in [2.05, 4.69) is 10.3 Å². The zero-order chi connectivity index (χ0) is 13.8. The maximum Gasteiger partial charge on any atom is 0.306 e. The van der Waals surface area contributed by atoms with Crippen molar-refractivity contribution in [2.24, 2.45) is 11.8 Å². The van der Waals surface area contributed by atoms with E-state index in [1.807, 2.05) is 6.92 Å². The molecule has 1 aliphatic rings. The molecule has 0 radical (unpaired) electrons. The average molecular weight is 282 g/mol. The standard InChI is InChI=1S/C13H18N2O3S/c1-8-11(19-7-15-8)6-14-12(16)9-3-2-4-10(5-9)13(17)18/h7,9-10H,2-6H2,1H3,(H,14,16)(H,17,18). The van der Waals surface area contributed by atoms with Crippen molar-refractivity contribution in [3.8, 4) is 0 Å². The summed E-state index contributed by atoms with van der Waals surface area (Å²) in [7, 11) is 0. The van der Waals surface area contributed by atoms with Crippen LogP contribution in [0.2, 0.25) is 0 Å². The Morgan fingerprint density at radius 1 is 1.47 bits per heavy atom. The number of aromatic nitrogens is 1. The maximum atomic E-state index is 12.1. The number of aryl methyl sites for hydroxylation is 1. The number of nitrogens with zero attached hydrogens (tertiary/aromatic N) is 1. The predicted octanol–water partition coefficient (Wildman–Crippen LogP) is 1.96. The van der Waals surface area contributed by atoms with Crippen LogP contribution in [0.15, 0.2) is 5.51 Å². The number of rotatable bonds is 4. The molecule has 2 atom stereocenters. The summed E-state index contributed by atoms with van der Waals surface area (Å²) >= 11 is 1.52. The number of amides is 1. The van der Waals surface area contributed by atoms with Crippen LogP contribution in [0, 0.1) is 18.8 Å². The monoisotopic (exact) mass is 282 g/mol. The van der Waals surface area contributed by atoms with Gasteiger partial charge in [0.2, 0.25) is 5.91 Å². The molecule has 2 rings (SSSR count). The minimum absolute atomic E-state index is 0.0289. The zero-order valence-electron chi connectivity index (χ0n) is 10.9. The molecule has 2 N–H and O–H groups in total. The maximum absolute atomic E-state index is 12.1. The Kier molecular flexibility index (Phi) is 4.52. The van der Waals surface area contributed by atoms with Crippen molar-refractivity contribution in [3.63, 3.8) is 0 Å². The molecule has 1 aromatic heterocycles. The third-order valence-electron chi connectivity index (χ3n) is 3.66. The summed E-state index contributed by atoms with van der Waals surface area (Å²) in [6.45, 7) is 2.41. The van der Waals surface area contributed by atoms with Gasteiger partial charge in [-0.25, -0.2) is 4.98 Å². The smallest absolute Gasteiger partial charge is 0.306 e. The lowest BCUT2D eigenvalue weighted by Gasteiger charge is -2.25. The largest absolute Gasteiger partial charge is 0.481 e. The number of aliphatic carboxylic acids is 1. The predicted molar refractivity (Wildman–Crippen MR) is 71.8 cm³/mol. The third kappa shape index (κ3) is 3.53. The summed E-state index contributed by atoms with van der Waals surface area (Å²) < 4.78 is 0. The first-order valence-electron chi connectivity index (χ1n) is 6.47. The quantitative estimate of drug-likeness (QED) is 0.884. The van der Waals surface area contributed by atoms with Gasteiger partial charge in [0.05, 0.1) is 23.7 Å². The molecule has 0 spiro atoms. The fourth-order valence-corrected chi connectivity index (χ4v) is 3.18. The fraction of sp³-hybridized carbons (Fsp3) is 0.615. The van der Waals surface area contributed by atoms with Gasteiger partial charge < -0.3 is 10.4 Å². The Hall–Kier alpha value is -1.43. The minimum Gasteiger partial charge on any atom is -0.481 e. The van der Waals surface area contributed by atoms with Crippen LogP contribution in [0.1, 0.15) is 36.3 Å². The average Bonchev–Trinajstić information content (AvgIpc) is 2.81. The molecule has 19 heavy (non-hydrogen) atoms. The molecular formula is C13H18N2O3S. The van der Waals surface area contributed by atoms with Gasteiger partial charge in [0, 0.05) is 10.8 Å². The van der Waals surface area contributed by atoms with E-state index in [1.165, 1.54) is 11.3 Å². The Morgan fingerprint density at radius 2 is 2.21 bits per heavy atom. The summed E-state index contributed by atoms with van der Waals surface area (Å²) in [5, 5.41) is 11.9. The fourth-order valence-electron chi connectivity index (χ4n) is 2.46. The van der Waals surface area contributed by atoms with E-state index in [-0.39, 0.29) is 17.7 Å². The highest BCUT2D eigenvalue weighted by molar-refractivity contribution is 7.09. The van der Waals surface area contributed by atoms with E-state index < -0.39 is 5.97 Å². The summed E-state index contributed by atoms with van der Waals surface area (Å²) in [4.78, 5) is 28.2. The molecule has 1 heterocycles. The topological polar surface area (TPSA) is 79.3 Å². The van der Waals surface area contributed by atoms with Crippen LogP contribution >= 0.6 is 11.3 Å². The molecule has 0 saturated heterocycles. The lowest BCUT2D eigenvalue weighted by atomic mass is 9.81. The van der Waals surface area contributed by atoms with Crippen LogP contribution in [0.5, 0.6) is 0 Å². The van der Waals surface area contributed by atoms with Crippen molar-refractivity contribution in [2.75, 3.05) is 0 Å². The second kappa shape index (κ2) is 6.14. The third-order valence-corrected chi connectivity index (χ3v) is 4.60. The van der Waals surface area contributed by atoms with Crippen LogP contribution in [-0.2, 0) is 16.1 Å². The van der Waals surface area contributed by atoms with E-state index in [4.69, 9.17) is 5.11 Å². The van der Waals surface area contributed by atoms with Gasteiger partial charge in [0.1, 0.15) is 0 Å². The van der Waals surface area contributed by atoms with Gasteiger partial charge in [0.15, 0.2) is 0 Å². The van der Waals surface area contributed by atoms with E-state index in [0.717, 1.165) is 23.4 Å². The first-order chi connectivity index (χ1) is 9.08. The molecule has 6 heteroatoms. The van der Waals surface area contributed by atoms with Gasteiger partial charge >= 0.3 is 5.97 Å². The second-order valence-corrected chi connectivity index (χ2v) is 5.92. The van der Waals surface area contributed by atoms with Gasteiger partial charge in [0.25, 0.3) is 0 Å². The molecule has 0 bridgehead atoms. The molecule has 0 aromatic carbocycles. The summed E-state index contributed by atoms with van der Waals surface area (Å²) in [6, 6.07) is 0. The number of carboxylic acid groups (broad SMARTS) is 1. The van der Waals surface area contributed by atoms with Crippen LogP contribution in [-0.4, -0.2) is 22.0 Å². The second-order valence-electron chi connectivity index (χ2n) is 4.98. The van der Waals surface area contributed by atoms with E-state index in [1.54, 1.807) is 5.51 Å². The van der Waals surface area contributed by atoms with Gasteiger partial charge in [-0.3, -0.25) is 9.59 Å². The lowest BCUT2D eigenvalue weighted by molar-refractivity contribution is -0.144. The van der Waals surface area contributed by atoms with Crippen molar-refractivity contribution in [3.05, 3.63) is 16.1 Å². The minimum atomic E-state index is -0.782. The number of carbonyl (C=O) groups is 2. The van der Waals surface area contributed by atoms with Crippen LogP contribution < -0.4 is 5.32 Å². The van der Waals surface area contributed by atoms with Crippen molar-refractivity contribution in [1.29, 1.82) is 0 Å². The van der Waals surface area contributed by atoms with Crippen molar-refractivity contribution in [1.82, 2.24) is 10.3 Å². The molecule has 1 saturated carbocycles. The highest BCUT2D eigenvalue weighted by atomic mass is 32.1. The summed E-state index contributed by atoms with van der Waals surface area (Å²) in [6.07, 6.45) is 2.75. The van der Waals surface area contributed by atoms with E-state index >= 15 is 0 Å². The molecule has 1 fully saturated rings. The number of hydrogen-bond donors (Lipinski definition) is 2. The lowest BCUT2D eigenvalue weighted by Crippen LogP contribution is -2.35. The van der Waals surface area contributed by atoms with Crippen LogP contribution in [0.25, 0.3) is 0 Å². The number of carbonyl (C=O) groups excluding carboxylic acids is 1. The molecule has 1 amide bonds.